The molecule has 0 aliphatic carbocycles. The number of amides is 1. The Hall–Kier alpha value is -3.09. The summed E-state index contributed by atoms with van der Waals surface area (Å²) < 4.78 is 4.49. The molecule has 3 rings (SSSR count). The number of hydrogen-bond donors (Lipinski definition) is 3. The Labute approximate surface area is 119 Å². The van der Waals surface area contributed by atoms with Crippen molar-refractivity contribution in [2.75, 3.05) is 12.4 Å². The second-order valence-electron chi connectivity index (χ2n) is 4.35. The predicted octanol–water partition coefficient (Wildman–Crippen LogP) is 2.30. The minimum Gasteiger partial charge on any atom is -0.453 e. The Bertz CT molecular complexity index is 805. The number of benzene rings is 1. The number of rotatable bonds is 3. The molecule has 3 N–H and O–H groups in total. The summed E-state index contributed by atoms with van der Waals surface area (Å²) >= 11 is 0. The number of hydrogen-bond acceptors (Lipinski definition) is 4. The van der Waals surface area contributed by atoms with E-state index < -0.39 is 6.09 Å². The number of imidazole rings is 1. The van der Waals surface area contributed by atoms with Crippen LogP contribution in [0.25, 0.3) is 11.0 Å². The Kier molecular flexibility index (Phi) is 3.15. The Morgan fingerprint density at radius 2 is 2.14 bits per heavy atom. The average Bonchev–Trinajstić information content (AvgIpc) is 3.14. The number of aromatic nitrogens is 3. The van der Waals surface area contributed by atoms with E-state index in [1.807, 2.05) is 0 Å². The molecular formula is C14H12N4O3. The number of nitrogens with zero attached hydrogens (tertiary/aromatic N) is 1. The lowest BCUT2D eigenvalue weighted by molar-refractivity contribution is 0.103. The third-order valence-electron chi connectivity index (χ3n) is 2.99. The van der Waals surface area contributed by atoms with Gasteiger partial charge in [-0.2, -0.15) is 0 Å². The molecule has 21 heavy (non-hydrogen) atoms. The maximum Gasteiger partial charge on any atom is 0.413 e. The van der Waals surface area contributed by atoms with E-state index in [0.717, 1.165) is 0 Å². The lowest BCUT2D eigenvalue weighted by atomic mass is 10.1. The third kappa shape index (κ3) is 2.48. The van der Waals surface area contributed by atoms with Crippen molar-refractivity contribution in [3.05, 3.63) is 47.8 Å². The predicted molar refractivity (Wildman–Crippen MR) is 76.3 cm³/mol. The third-order valence-corrected chi connectivity index (χ3v) is 2.99. The number of carbonyl (C=O) groups excluding carboxylic acids is 2. The highest BCUT2D eigenvalue weighted by molar-refractivity contribution is 6.09. The van der Waals surface area contributed by atoms with Crippen LogP contribution in [0.1, 0.15) is 16.1 Å². The molecule has 0 radical (unpaired) electrons. The molecule has 0 bridgehead atoms. The molecular weight excluding hydrogens is 272 g/mol. The zero-order valence-electron chi connectivity index (χ0n) is 11.1. The maximum absolute atomic E-state index is 12.2. The Morgan fingerprint density at radius 3 is 2.86 bits per heavy atom. The van der Waals surface area contributed by atoms with Gasteiger partial charge in [-0.25, -0.2) is 9.78 Å². The van der Waals surface area contributed by atoms with E-state index in [1.165, 1.54) is 7.11 Å². The smallest absolute Gasteiger partial charge is 0.413 e. The molecule has 0 fully saturated rings. The van der Waals surface area contributed by atoms with E-state index in [-0.39, 0.29) is 11.7 Å². The summed E-state index contributed by atoms with van der Waals surface area (Å²) in [4.78, 5) is 33.3. The minimum atomic E-state index is -0.614. The van der Waals surface area contributed by atoms with Crippen LogP contribution in [-0.2, 0) is 4.74 Å². The molecule has 0 aliphatic heterocycles. The molecule has 2 heterocycles. The van der Waals surface area contributed by atoms with Crippen LogP contribution in [0.4, 0.5) is 10.7 Å². The quantitative estimate of drug-likeness (QED) is 0.642. The van der Waals surface area contributed by atoms with Crippen molar-refractivity contribution in [3.63, 3.8) is 0 Å². The Balaban J connectivity index is 1.93. The second-order valence-corrected chi connectivity index (χ2v) is 4.35. The molecule has 0 saturated carbocycles. The van der Waals surface area contributed by atoms with Gasteiger partial charge in [0.25, 0.3) is 0 Å². The van der Waals surface area contributed by atoms with Crippen LogP contribution >= 0.6 is 0 Å². The standard InChI is InChI=1S/C14H12N4O3/c1-21-14(20)18-13-16-9-5-4-8(7-11(9)17-13)12(19)10-3-2-6-15-10/h2-7,15H,1H3,(H2,16,17,18,20). The lowest BCUT2D eigenvalue weighted by Gasteiger charge is -1.98. The topological polar surface area (TPSA) is 99.9 Å². The van der Waals surface area contributed by atoms with Gasteiger partial charge in [0.15, 0.2) is 0 Å². The summed E-state index contributed by atoms with van der Waals surface area (Å²) in [5.41, 5.74) is 2.34. The van der Waals surface area contributed by atoms with Gasteiger partial charge in [0.2, 0.25) is 11.7 Å². The summed E-state index contributed by atoms with van der Waals surface area (Å²) in [5.74, 6) is 0.153. The van der Waals surface area contributed by atoms with E-state index in [9.17, 15) is 9.59 Å². The first-order valence-corrected chi connectivity index (χ1v) is 6.20. The first-order chi connectivity index (χ1) is 10.2. The fourth-order valence-electron chi connectivity index (χ4n) is 1.98. The number of H-pyrrole nitrogens is 2. The number of ether oxygens (including phenoxy) is 1. The monoisotopic (exact) mass is 284 g/mol. The van der Waals surface area contributed by atoms with Gasteiger partial charge < -0.3 is 14.7 Å². The van der Waals surface area contributed by atoms with Crippen molar-refractivity contribution in [2.24, 2.45) is 0 Å². The molecule has 1 amide bonds. The van der Waals surface area contributed by atoms with Gasteiger partial charge in [-0.15, -0.1) is 0 Å². The molecule has 7 nitrogen and oxygen atoms in total. The molecule has 0 saturated heterocycles. The number of aromatic amines is 2. The van der Waals surface area contributed by atoms with E-state index in [2.05, 4.69) is 25.0 Å². The fraction of sp³-hybridized carbons (Fsp3) is 0.0714. The van der Waals surface area contributed by atoms with Crippen molar-refractivity contribution < 1.29 is 14.3 Å². The highest BCUT2D eigenvalue weighted by Gasteiger charge is 2.12. The summed E-state index contributed by atoms with van der Waals surface area (Å²) in [6, 6.07) is 8.57. The molecule has 0 spiro atoms. The highest BCUT2D eigenvalue weighted by Crippen LogP contribution is 2.18. The summed E-state index contributed by atoms with van der Waals surface area (Å²) in [5, 5.41) is 2.44. The van der Waals surface area contributed by atoms with Crippen molar-refractivity contribution in [1.29, 1.82) is 0 Å². The number of anilines is 1. The van der Waals surface area contributed by atoms with E-state index in [1.54, 1.807) is 36.5 Å². The number of fused-ring (bicyclic) bond motifs is 1. The zero-order valence-corrected chi connectivity index (χ0v) is 11.1. The maximum atomic E-state index is 12.2. The average molecular weight is 284 g/mol. The normalized spacial score (nSPS) is 10.5. The SMILES string of the molecule is COC(=O)Nc1nc2ccc(C(=O)c3ccc[nH]3)cc2[nH]1. The minimum absolute atomic E-state index is 0.112. The lowest BCUT2D eigenvalue weighted by Crippen LogP contribution is -2.11. The van der Waals surface area contributed by atoms with Gasteiger partial charge >= 0.3 is 6.09 Å². The van der Waals surface area contributed by atoms with Crippen LogP contribution in [0, 0.1) is 0 Å². The van der Waals surface area contributed by atoms with Gasteiger partial charge in [-0.1, -0.05) is 0 Å². The second kappa shape index (κ2) is 5.12. The molecule has 0 atom stereocenters. The van der Waals surface area contributed by atoms with Gasteiger partial charge in [-0.3, -0.25) is 10.1 Å². The Morgan fingerprint density at radius 1 is 1.29 bits per heavy atom. The van der Waals surface area contributed by atoms with Crippen LogP contribution in [0.2, 0.25) is 0 Å². The van der Waals surface area contributed by atoms with Crippen LogP contribution < -0.4 is 5.32 Å². The van der Waals surface area contributed by atoms with Gasteiger partial charge in [0, 0.05) is 11.8 Å². The van der Waals surface area contributed by atoms with E-state index in [0.29, 0.717) is 22.3 Å². The zero-order chi connectivity index (χ0) is 14.8. The van der Waals surface area contributed by atoms with Crippen molar-refractivity contribution in [3.8, 4) is 0 Å². The van der Waals surface area contributed by atoms with Gasteiger partial charge in [-0.05, 0) is 30.3 Å². The molecule has 0 aliphatic rings. The number of methoxy groups -OCH3 is 1. The van der Waals surface area contributed by atoms with Crippen LogP contribution in [0.5, 0.6) is 0 Å². The largest absolute Gasteiger partial charge is 0.453 e. The van der Waals surface area contributed by atoms with Crippen LogP contribution in [-0.4, -0.2) is 33.9 Å². The summed E-state index contributed by atoms with van der Waals surface area (Å²) in [7, 11) is 1.27. The van der Waals surface area contributed by atoms with Crippen molar-refractivity contribution >= 4 is 28.9 Å². The van der Waals surface area contributed by atoms with Crippen molar-refractivity contribution in [2.45, 2.75) is 0 Å². The van der Waals surface area contributed by atoms with Crippen LogP contribution in [0.3, 0.4) is 0 Å². The number of nitrogens with one attached hydrogen (secondary N) is 3. The molecule has 0 unspecified atom stereocenters. The van der Waals surface area contributed by atoms with Crippen LogP contribution in [0.15, 0.2) is 36.5 Å². The van der Waals surface area contributed by atoms with E-state index in [4.69, 9.17) is 0 Å². The van der Waals surface area contributed by atoms with E-state index >= 15 is 0 Å². The molecule has 2 aromatic heterocycles. The molecule has 106 valence electrons. The first-order valence-electron chi connectivity index (χ1n) is 6.20. The van der Waals surface area contributed by atoms with Gasteiger partial charge in [0.1, 0.15) is 0 Å². The first kappa shape index (κ1) is 12.9. The number of carbonyl (C=O) groups is 2. The molecule has 7 heteroatoms. The summed E-state index contributed by atoms with van der Waals surface area (Å²) in [6.07, 6.45) is 1.08. The van der Waals surface area contributed by atoms with Crippen molar-refractivity contribution in [1.82, 2.24) is 15.0 Å². The summed E-state index contributed by atoms with van der Waals surface area (Å²) in [6.45, 7) is 0. The highest BCUT2D eigenvalue weighted by atomic mass is 16.5. The van der Waals surface area contributed by atoms with Gasteiger partial charge in [0.05, 0.1) is 23.8 Å². The molecule has 3 aromatic rings. The molecule has 1 aromatic carbocycles. The fourth-order valence-corrected chi connectivity index (χ4v) is 1.98. The number of ketones is 1.